The fourth-order valence-electron chi connectivity index (χ4n) is 1.57. The van der Waals surface area contributed by atoms with Crippen LogP contribution in [0.15, 0.2) is 18.2 Å². The third kappa shape index (κ3) is 2.13. The molecule has 80 valence electrons. The van der Waals surface area contributed by atoms with Gasteiger partial charge >= 0.3 is 0 Å². The van der Waals surface area contributed by atoms with Gasteiger partial charge in [-0.15, -0.1) is 0 Å². The molecule has 0 saturated carbocycles. The van der Waals surface area contributed by atoms with Crippen LogP contribution in [-0.2, 0) is 22.8 Å². The molecule has 0 atom stereocenters. The summed E-state index contributed by atoms with van der Waals surface area (Å²) in [4.78, 5) is 16.8. The second-order valence-electron chi connectivity index (χ2n) is 3.47. The summed E-state index contributed by atoms with van der Waals surface area (Å²) >= 11 is 5.89. The van der Waals surface area contributed by atoms with Gasteiger partial charge in [0.2, 0.25) is 5.91 Å². The highest BCUT2D eigenvalue weighted by molar-refractivity contribution is 6.30. The van der Waals surface area contributed by atoms with Crippen LogP contribution in [0.1, 0.15) is 24.5 Å². The molecule has 1 aliphatic rings. The van der Waals surface area contributed by atoms with Crippen LogP contribution in [0.25, 0.3) is 0 Å². The molecule has 0 radical (unpaired) electrons. The minimum Gasteiger partial charge on any atom is -0.273 e. The average Bonchev–Trinajstić information content (AvgIpc) is 2.27. The molecule has 4 heteroatoms. The summed E-state index contributed by atoms with van der Waals surface area (Å²) in [7, 11) is 0. The number of hydrogen-bond donors (Lipinski definition) is 0. The zero-order chi connectivity index (χ0) is 10.8. The molecule has 15 heavy (non-hydrogen) atoms. The van der Waals surface area contributed by atoms with Crippen molar-refractivity contribution in [1.29, 1.82) is 0 Å². The lowest BCUT2D eigenvalue weighted by atomic mass is 10.1. The maximum absolute atomic E-state index is 11.4. The fraction of sp³-hybridized carbons (Fsp3) is 0.364. The zero-order valence-corrected chi connectivity index (χ0v) is 9.25. The standard InChI is InChI=1S/C11H12ClNO2/c1-2-11(14)13-6-9-5-10(12)4-3-8(9)7-15-13/h3-5H,2,6-7H2,1H3. The van der Waals surface area contributed by atoms with Crippen molar-refractivity contribution >= 4 is 17.5 Å². The summed E-state index contributed by atoms with van der Waals surface area (Å²) in [6.45, 7) is 2.75. The van der Waals surface area contributed by atoms with E-state index < -0.39 is 0 Å². The topological polar surface area (TPSA) is 29.5 Å². The van der Waals surface area contributed by atoms with Crippen molar-refractivity contribution in [1.82, 2.24) is 5.06 Å². The molecule has 0 saturated heterocycles. The van der Waals surface area contributed by atoms with Crippen LogP contribution in [0.5, 0.6) is 0 Å². The van der Waals surface area contributed by atoms with Gasteiger partial charge in [-0.2, -0.15) is 0 Å². The van der Waals surface area contributed by atoms with Gasteiger partial charge in [-0.25, -0.2) is 5.06 Å². The number of fused-ring (bicyclic) bond motifs is 1. The molecule has 1 amide bonds. The lowest BCUT2D eigenvalue weighted by Gasteiger charge is -2.27. The van der Waals surface area contributed by atoms with Crippen LogP contribution in [0, 0.1) is 0 Å². The highest BCUT2D eigenvalue weighted by Gasteiger charge is 2.20. The van der Waals surface area contributed by atoms with E-state index in [0.29, 0.717) is 24.6 Å². The van der Waals surface area contributed by atoms with Gasteiger partial charge in [0.15, 0.2) is 0 Å². The second kappa shape index (κ2) is 4.21. The van der Waals surface area contributed by atoms with E-state index in [1.165, 1.54) is 5.06 Å². The third-order valence-electron chi connectivity index (χ3n) is 2.44. The first-order valence-electron chi connectivity index (χ1n) is 4.91. The summed E-state index contributed by atoms with van der Waals surface area (Å²) in [5.41, 5.74) is 2.16. The molecule has 0 aliphatic carbocycles. The SMILES string of the molecule is CCC(=O)N1Cc2cc(Cl)ccc2CO1. The van der Waals surface area contributed by atoms with Crippen LogP contribution in [0.3, 0.4) is 0 Å². The number of nitrogens with zero attached hydrogens (tertiary/aromatic N) is 1. The van der Waals surface area contributed by atoms with Gasteiger partial charge in [0.05, 0.1) is 6.54 Å². The van der Waals surface area contributed by atoms with Gasteiger partial charge in [0.25, 0.3) is 0 Å². The predicted molar refractivity (Wildman–Crippen MR) is 57.1 cm³/mol. The fourth-order valence-corrected chi connectivity index (χ4v) is 1.76. The lowest BCUT2D eigenvalue weighted by molar-refractivity contribution is -0.200. The Kier molecular flexibility index (Phi) is 2.93. The van der Waals surface area contributed by atoms with Gasteiger partial charge < -0.3 is 0 Å². The highest BCUT2D eigenvalue weighted by atomic mass is 35.5. The molecule has 1 aromatic carbocycles. The number of carbonyl (C=O) groups excluding carboxylic acids is 1. The Labute approximate surface area is 93.5 Å². The molecule has 2 rings (SSSR count). The van der Waals surface area contributed by atoms with E-state index in [4.69, 9.17) is 16.4 Å². The Balaban J connectivity index is 2.22. The van der Waals surface area contributed by atoms with Crippen LogP contribution in [0.2, 0.25) is 5.02 Å². The molecule has 0 aromatic heterocycles. The van der Waals surface area contributed by atoms with E-state index in [2.05, 4.69) is 0 Å². The first-order chi connectivity index (χ1) is 7.20. The molecule has 0 N–H and O–H groups in total. The lowest BCUT2D eigenvalue weighted by Crippen LogP contribution is -2.33. The number of benzene rings is 1. The Hall–Kier alpha value is -1.06. The Morgan fingerprint density at radius 1 is 1.53 bits per heavy atom. The van der Waals surface area contributed by atoms with E-state index in [1.54, 1.807) is 0 Å². The van der Waals surface area contributed by atoms with Crippen molar-refractivity contribution in [3.63, 3.8) is 0 Å². The van der Waals surface area contributed by atoms with Crippen molar-refractivity contribution in [2.75, 3.05) is 0 Å². The Morgan fingerprint density at radius 3 is 3.07 bits per heavy atom. The zero-order valence-electron chi connectivity index (χ0n) is 8.50. The number of hydrogen-bond acceptors (Lipinski definition) is 2. The number of amides is 1. The van der Waals surface area contributed by atoms with Crippen LogP contribution in [0.4, 0.5) is 0 Å². The van der Waals surface area contributed by atoms with Crippen molar-refractivity contribution in [3.05, 3.63) is 34.3 Å². The smallest absolute Gasteiger partial charge is 0.246 e. The summed E-state index contributed by atoms with van der Waals surface area (Å²) in [6.07, 6.45) is 0.454. The van der Waals surface area contributed by atoms with E-state index in [0.717, 1.165) is 11.1 Å². The summed E-state index contributed by atoms with van der Waals surface area (Å²) in [5.74, 6) is 0.000579. The molecule has 1 heterocycles. The number of hydroxylamine groups is 2. The first kappa shape index (κ1) is 10.5. The van der Waals surface area contributed by atoms with E-state index in [-0.39, 0.29) is 5.91 Å². The van der Waals surface area contributed by atoms with E-state index in [1.807, 2.05) is 25.1 Å². The summed E-state index contributed by atoms with van der Waals surface area (Å²) in [6, 6.07) is 5.65. The van der Waals surface area contributed by atoms with Crippen molar-refractivity contribution in [3.8, 4) is 0 Å². The molecule has 1 aromatic rings. The number of rotatable bonds is 1. The Morgan fingerprint density at radius 2 is 2.33 bits per heavy atom. The maximum Gasteiger partial charge on any atom is 0.246 e. The number of halogens is 1. The quantitative estimate of drug-likeness (QED) is 0.735. The van der Waals surface area contributed by atoms with Gasteiger partial charge in [-0.05, 0) is 23.3 Å². The Bertz CT molecular complexity index is 392. The monoisotopic (exact) mass is 225 g/mol. The molecule has 1 aliphatic heterocycles. The number of carbonyl (C=O) groups is 1. The third-order valence-corrected chi connectivity index (χ3v) is 2.67. The van der Waals surface area contributed by atoms with Crippen molar-refractivity contribution < 1.29 is 9.63 Å². The van der Waals surface area contributed by atoms with E-state index >= 15 is 0 Å². The van der Waals surface area contributed by atoms with Crippen molar-refractivity contribution in [2.45, 2.75) is 26.5 Å². The maximum atomic E-state index is 11.4. The van der Waals surface area contributed by atoms with Gasteiger partial charge in [-0.3, -0.25) is 9.63 Å². The predicted octanol–water partition coefficient (Wildman–Crippen LogP) is 2.52. The van der Waals surface area contributed by atoms with Crippen LogP contribution >= 0.6 is 11.6 Å². The van der Waals surface area contributed by atoms with Gasteiger partial charge in [0.1, 0.15) is 6.61 Å². The minimum atomic E-state index is 0.000579. The molecule has 3 nitrogen and oxygen atoms in total. The molecular weight excluding hydrogens is 214 g/mol. The summed E-state index contributed by atoms with van der Waals surface area (Å²) < 4.78 is 0. The van der Waals surface area contributed by atoms with Crippen molar-refractivity contribution in [2.24, 2.45) is 0 Å². The molecule has 0 unspecified atom stereocenters. The molecule has 0 bridgehead atoms. The minimum absolute atomic E-state index is 0.000579. The largest absolute Gasteiger partial charge is 0.273 e. The highest BCUT2D eigenvalue weighted by Crippen LogP contribution is 2.23. The second-order valence-corrected chi connectivity index (χ2v) is 3.91. The van der Waals surface area contributed by atoms with Crippen LogP contribution in [-0.4, -0.2) is 11.0 Å². The van der Waals surface area contributed by atoms with E-state index in [9.17, 15) is 4.79 Å². The van der Waals surface area contributed by atoms with Gasteiger partial charge in [-0.1, -0.05) is 24.6 Å². The first-order valence-corrected chi connectivity index (χ1v) is 5.29. The molecule has 0 spiro atoms. The average molecular weight is 226 g/mol. The van der Waals surface area contributed by atoms with Gasteiger partial charge in [0, 0.05) is 11.4 Å². The molecule has 0 fully saturated rings. The molecular formula is C11H12ClNO2. The summed E-state index contributed by atoms with van der Waals surface area (Å²) in [5, 5.41) is 2.10. The normalized spacial score (nSPS) is 14.9. The van der Waals surface area contributed by atoms with Crippen LogP contribution < -0.4 is 0 Å².